The average molecular weight is 264 g/mol. The maximum atomic E-state index is 12.5. The molecule has 0 radical (unpaired) electrons. The highest BCUT2D eigenvalue weighted by atomic mass is 16.5. The van der Waals surface area contributed by atoms with Gasteiger partial charge in [0.2, 0.25) is 0 Å². The van der Waals surface area contributed by atoms with Gasteiger partial charge < -0.3 is 20.5 Å². The molecule has 1 aromatic carbocycles. The van der Waals surface area contributed by atoms with Crippen molar-refractivity contribution in [3.05, 3.63) is 23.8 Å². The lowest BCUT2D eigenvalue weighted by atomic mass is 9.95. The van der Waals surface area contributed by atoms with Crippen molar-refractivity contribution in [3.8, 4) is 5.75 Å². The van der Waals surface area contributed by atoms with Crippen LogP contribution in [0.1, 0.15) is 23.7 Å². The van der Waals surface area contributed by atoms with E-state index in [1.807, 2.05) is 6.92 Å². The number of benzene rings is 1. The molecule has 3 N–H and O–H groups in total. The lowest BCUT2D eigenvalue weighted by molar-refractivity contribution is 0.0247. The fraction of sp³-hybridized carbons (Fsp3) is 0.500. The van der Waals surface area contributed by atoms with Crippen molar-refractivity contribution < 1.29 is 14.6 Å². The van der Waals surface area contributed by atoms with E-state index in [-0.39, 0.29) is 11.8 Å². The number of nitrogens with two attached hydrogens (primary N) is 1. The first-order valence-electron chi connectivity index (χ1n) is 6.44. The van der Waals surface area contributed by atoms with Crippen LogP contribution in [0.2, 0.25) is 0 Å². The van der Waals surface area contributed by atoms with Gasteiger partial charge in [-0.3, -0.25) is 4.79 Å². The summed E-state index contributed by atoms with van der Waals surface area (Å²) in [5, 5.41) is 9.88. The first-order chi connectivity index (χ1) is 9.04. The summed E-state index contributed by atoms with van der Waals surface area (Å²) in [6, 6.07) is 5.14. The van der Waals surface area contributed by atoms with Gasteiger partial charge in [-0.2, -0.15) is 0 Å². The highest BCUT2D eigenvalue weighted by Gasteiger charge is 2.30. The number of aliphatic hydroxyl groups is 1. The molecule has 5 heteroatoms. The summed E-state index contributed by atoms with van der Waals surface area (Å²) in [6.45, 7) is 2.97. The summed E-state index contributed by atoms with van der Waals surface area (Å²) in [7, 11) is 1.51. The summed E-state index contributed by atoms with van der Waals surface area (Å²) < 4.78 is 5.20. The number of methoxy groups -OCH3 is 1. The van der Waals surface area contributed by atoms with Crippen LogP contribution in [0.25, 0.3) is 0 Å². The number of carbonyl (C=O) groups excluding carboxylic acids is 1. The normalized spacial score (nSPS) is 23.2. The zero-order valence-electron chi connectivity index (χ0n) is 11.3. The zero-order valence-corrected chi connectivity index (χ0v) is 11.3. The van der Waals surface area contributed by atoms with E-state index in [0.717, 1.165) is 6.42 Å². The second-order valence-electron chi connectivity index (χ2n) is 5.01. The quantitative estimate of drug-likeness (QED) is 0.785. The lowest BCUT2D eigenvalue weighted by Crippen LogP contribution is -2.46. The lowest BCUT2D eigenvalue weighted by Gasteiger charge is -2.34. The molecule has 2 rings (SSSR count). The molecule has 104 valence electrons. The number of amides is 1. The van der Waals surface area contributed by atoms with Crippen molar-refractivity contribution in [2.45, 2.75) is 19.4 Å². The molecule has 5 nitrogen and oxygen atoms in total. The van der Waals surface area contributed by atoms with E-state index in [4.69, 9.17) is 10.5 Å². The standard InChI is InChI=1S/C14H20N2O3/c1-9-6-7-16(8-11(9)17)14(18)13-10(15)4-3-5-12(13)19-2/h3-5,9,11,17H,6-8,15H2,1-2H3. The van der Waals surface area contributed by atoms with Gasteiger partial charge in [0.05, 0.1) is 13.2 Å². The van der Waals surface area contributed by atoms with Crippen molar-refractivity contribution in [1.82, 2.24) is 4.90 Å². The van der Waals surface area contributed by atoms with Crippen molar-refractivity contribution in [2.24, 2.45) is 5.92 Å². The van der Waals surface area contributed by atoms with Crippen molar-refractivity contribution in [2.75, 3.05) is 25.9 Å². The minimum absolute atomic E-state index is 0.180. The Labute approximate surface area is 113 Å². The monoisotopic (exact) mass is 264 g/mol. The number of rotatable bonds is 2. The van der Waals surface area contributed by atoms with Crippen molar-refractivity contribution >= 4 is 11.6 Å². The predicted molar refractivity (Wildman–Crippen MR) is 73.1 cm³/mol. The summed E-state index contributed by atoms with van der Waals surface area (Å²) >= 11 is 0. The number of nitrogen functional groups attached to an aromatic ring is 1. The third-order valence-electron chi connectivity index (χ3n) is 3.70. The number of ether oxygens (including phenoxy) is 1. The molecule has 1 saturated heterocycles. The largest absolute Gasteiger partial charge is 0.496 e. The first-order valence-corrected chi connectivity index (χ1v) is 6.44. The molecule has 0 aromatic heterocycles. The molecule has 1 aliphatic rings. The molecule has 0 saturated carbocycles. The van der Waals surface area contributed by atoms with Crippen LogP contribution in [0.4, 0.5) is 5.69 Å². The molecule has 19 heavy (non-hydrogen) atoms. The number of carbonyl (C=O) groups is 1. The molecule has 2 atom stereocenters. The molecule has 0 spiro atoms. The van der Waals surface area contributed by atoms with E-state index in [2.05, 4.69) is 0 Å². The van der Waals surface area contributed by atoms with Crippen LogP contribution in [0, 0.1) is 5.92 Å². The Morgan fingerprint density at radius 2 is 2.26 bits per heavy atom. The van der Waals surface area contributed by atoms with Gasteiger partial charge in [-0.15, -0.1) is 0 Å². The van der Waals surface area contributed by atoms with E-state index >= 15 is 0 Å². The predicted octanol–water partition coefficient (Wildman–Crippen LogP) is 1.12. The van der Waals surface area contributed by atoms with Crippen molar-refractivity contribution in [3.63, 3.8) is 0 Å². The van der Waals surface area contributed by atoms with Gasteiger partial charge in [0.25, 0.3) is 5.91 Å². The van der Waals surface area contributed by atoms with Gasteiger partial charge in [0, 0.05) is 18.8 Å². The third-order valence-corrected chi connectivity index (χ3v) is 3.70. The van der Waals surface area contributed by atoms with E-state index in [9.17, 15) is 9.90 Å². The number of nitrogens with zero attached hydrogens (tertiary/aromatic N) is 1. The van der Waals surface area contributed by atoms with E-state index in [1.165, 1.54) is 7.11 Å². The minimum Gasteiger partial charge on any atom is -0.496 e. The fourth-order valence-corrected chi connectivity index (χ4v) is 2.34. The number of likely N-dealkylation sites (tertiary alicyclic amines) is 1. The van der Waals surface area contributed by atoms with Gasteiger partial charge in [-0.05, 0) is 24.5 Å². The molecule has 2 unspecified atom stereocenters. The SMILES string of the molecule is COc1cccc(N)c1C(=O)N1CCC(C)C(O)C1. The van der Waals surface area contributed by atoms with Gasteiger partial charge in [-0.25, -0.2) is 0 Å². The number of anilines is 1. The van der Waals surface area contributed by atoms with Crippen LogP contribution in [0.5, 0.6) is 5.75 Å². The van der Waals surface area contributed by atoms with Crippen LogP contribution in [0.15, 0.2) is 18.2 Å². The number of β-amino-alcohol motifs (C(OH)–C–C–N with tert-alkyl or cyclic N) is 1. The molecule has 1 aromatic rings. The van der Waals surface area contributed by atoms with Crippen LogP contribution < -0.4 is 10.5 Å². The van der Waals surface area contributed by atoms with E-state index < -0.39 is 6.10 Å². The van der Waals surface area contributed by atoms with E-state index in [1.54, 1.807) is 23.1 Å². The molecule has 1 amide bonds. The van der Waals surface area contributed by atoms with Gasteiger partial charge in [0.1, 0.15) is 11.3 Å². The highest BCUT2D eigenvalue weighted by molar-refractivity contribution is 6.01. The van der Waals surface area contributed by atoms with Gasteiger partial charge in [0.15, 0.2) is 0 Å². The number of hydrogen-bond acceptors (Lipinski definition) is 4. The smallest absolute Gasteiger partial charge is 0.259 e. The number of piperidine rings is 1. The summed E-state index contributed by atoms with van der Waals surface area (Å²) in [5.74, 6) is 0.512. The van der Waals surface area contributed by atoms with Crippen LogP contribution in [-0.4, -0.2) is 42.2 Å². The second-order valence-corrected chi connectivity index (χ2v) is 5.01. The Morgan fingerprint density at radius 1 is 1.53 bits per heavy atom. The number of hydrogen-bond donors (Lipinski definition) is 2. The molecular formula is C14H20N2O3. The Bertz CT molecular complexity index is 476. The molecule has 0 aliphatic carbocycles. The molecule has 1 aliphatic heterocycles. The Balaban J connectivity index is 2.25. The van der Waals surface area contributed by atoms with Crippen LogP contribution >= 0.6 is 0 Å². The summed E-state index contributed by atoms with van der Waals surface area (Å²) in [6.07, 6.45) is 0.315. The minimum atomic E-state index is -0.478. The topological polar surface area (TPSA) is 75.8 Å². The third kappa shape index (κ3) is 2.66. The Hall–Kier alpha value is -1.75. The van der Waals surface area contributed by atoms with Crippen LogP contribution in [0.3, 0.4) is 0 Å². The van der Waals surface area contributed by atoms with Gasteiger partial charge in [-0.1, -0.05) is 13.0 Å². The molecule has 1 fully saturated rings. The van der Waals surface area contributed by atoms with Crippen LogP contribution in [-0.2, 0) is 0 Å². The summed E-state index contributed by atoms with van der Waals surface area (Å²) in [5.41, 5.74) is 6.66. The second kappa shape index (κ2) is 5.48. The maximum Gasteiger partial charge on any atom is 0.259 e. The average Bonchev–Trinajstić information content (AvgIpc) is 2.40. The molecule has 0 bridgehead atoms. The molecule has 1 heterocycles. The zero-order chi connectivity index (χ0) is 14.0. The summed E-state index contributed by atoms with van der Waals surface area (Å²) in [4.78, 5) is 14.1. The molecular weight excluding hydrogens is 244 g/mol. The number of aliphatic hydroxyl groups excluding tert-OH is 1. The highest BCUT2D eigenvalue weighted by Crippen LogP contribution is 2.27. The fourth-order valence-electron chi connectivity index (χ4n) is 2.34. The van der Waals surface area contributed by atoms with Crippen molar-refractivity contribution in [1.29, 1.82) is 0 Å². The van der Waals surface area contributed by atoms with E-state index in [0.29, 0.717) is 30.1 Å². The van der Waals surface area contributed by atoms with Gasteiger partial charge >= 0.3 is 0 Å². The first kappa shape index (κ1) is 13.7. The Morgan fingerprint density at radius 3 is 2.89 bits per heavy atom. The maximum absolute atomic E-state index is 12.5. The Kier molecular flexibility index (Phi) is 3.95.